The molecule has 0 amide bonds. The van der Waals surface area contributed by atoms with E-state index in [-0.39, 0.29) is 22.7 Å². The first-order valence-electron chi connectivity index (χ1n) is 9.94. The van der Waals surface area contributed by atoms with Crippen LogP contribution >= 0.6 is 0 Å². The van der Waals surface area contributed by atoms with Gasteiger partial charge in [0.1, 0.15) is 0 Å². The Morgan fingerprint density at radius 3 is 2.40 bits per heavy atom. The molecule has 1 aliphatic carbocycles. The SMILES string of the molecule is CCC1OC(c2cccc3c2CCC3O[Si](C)(C)C(C)(C)C)C1(C)C. The Morgan fingerprint density at radius 1 is 1.20 bits per heavy atom. The van der Waals surface area contributed by atoms with E-state index in [4.69, 9.17) is 9.16 Å². The van der Waals surface area contributed by atoms with E-state index in [0.29, 0.717) is 6.10 Å². The standard InChI is InChI=1S/C22H36O2Si/c1-9-19-22(5,6)20(23-19)17-12-10-11-16-15(17)13-14-18(16)24-25(7,8)21(2,3)4/h10-12,18-20H,9,13-14H2,1-8H3. The topological polar surface area (TPSA) is 18.5 Å². The van der Waals surface area contributed by atoms with Gasteiger partial charge in [0.25, 0.3) is 0 Å². The molecule has 0 aromatic heterocycles. The van der Waals surface area contributed by atoms with Gasteiger partial charge in [-0.25, -0.2) is 0 Å². The van der Waals surface area contributed by atoms with Crippen LogP contribution in [0.2, 0.25) is 18.1 Å². The van der Waals surface area contributed by atoms with E-state index in [1.165, 1.54) is 16.7 Å². The van der Waals surface area contributed by atoms with Crippen LogP contribution < -0.4 is 0 Å². The first-order chi connectivity index (χ1) is 11.5. The van der Waals surface area contributed by atoms with Gasteiger partial charge in [-0.15, -0.1) is 0 Å². The number of ether oxygens (including phenoxy) is 1. The lowest BCUT2D eigenvalue weighted by Gasteiger charge is -2.52. The monoisotopic (exact) mass is 360 g/mol. The molecule has 1 aromatic carbocycles. The fourth-order valence-electron chi connectivity index (χ4n) is 4.25. The first kappa shape index (κ1) is 19.1. The van der Waals surface area contributed by atoms with Crippen LogP contribution in [0, 0.1) is 5.41 Å². The lowest BCUT2D eigenvalue weighted by molar-refractivity contribution is -0.239. The van der Waals surface area contributed by atoms with Crippen LogP contribution in [0.15, 0.2) is 18.2 Å². The third-order valence-corrected chi connectivity index (χ3v) is 11.4. The molecule has 2 aliphatic rings. The fraction of sp³-hybridized carbons (Fsp3) is 0.727. The zero-order chi connectivity index (χ0) is 18.6. The minimum absolute atomic E-state index is 0.224. The smallest absolute Gasteiger partial charge is 0.192 e. The molecule has 0 bridgehead atoms. The largest absolute Gasteiger partial charge is 0.410 e. The molecule has 1 aliphatic heterocycles. The maximum Gasteiger partial charge on any atom is 0.192 e. The molecule has 1 aromatic rings. The highest BCUT2D eigenvalue weighted by molar-refractivity contribution is 6.74. The zero-order valence-electron chi connectivity index (χ0n) is 17.4. The predicted octanol–water partition coefficient (Wildman–Crippen LogP) is 6.57. The van der Waals surface area contributed by atoms with Crippen molar-refractivity contribution in [1.82, 2.24) is 0 Å². The van der Waals surface area contributed by atoms with E-state index in [1.807, 2.05) is 0 Å². The van der Waals surface area contributed by atoms with Crippen molar-refractivity contribution in [3.63, 3.8) is 0 Å². The summed E-state index contributed by atoms with van der Waals surface area (Å²) in [5.41, 5.74) is 4.55. The molecule has 3 rings (SSSR count). The van der Waals surface area contributed by atoms with Crippen molar-refractivity contribution in [3.8, 4) is 0 Å². The third kappa shape index (κ3) is 3.13. The van der Waals surface area contributed by atoms with Crippen molar-refractivity contribution in [3.05, 3.63) is 34.9 Å². The summed E-state index contributed by atoms with van der Waals surface area (Å²) < 4.78 is 13.0. The maximum atomic E-state index is 6.77. The Kier molecular flexibility index (Phi) is 4.75. The summed E-state index contributed by atoms with van der Waals surface area (Å²) in [6.07, 6.45) is 4.21. The number of hydrogen-bond acceptors (Lipinski definition) is 2. The fourth-order valence-corrected chi connectivity index (χ4v) is 5.56. The number of hydrogen-bond donors (Lipinski definition) is 0. The summed E-state index contributed by atoms with van der Waals surface area (Å²) in [5, 5.41) is 0.251. The van der Waals surface area contributed by atoms with Gasteiger partial charge < -0.3 is 9.16 Å². The Morgan fingerprint density at radius 2 is 1.84 bits per heavy atom. The lowest BCUT2D eigenvalue weighted by atomic mass is 9.70. The minimum Gasteiger partial charge on any atom is -0.410 e. The summed E-state index contributed by atoms with van der Waals surface area (Å²) in [4.78, 5) is 0. The molecular formula is C22H36O2Si. The van der Waals surface area contributed by atoms with E-state index in [0.717, 1.165) is 19.3 Å². The zero-order valence-corrected chi connectivity index (χ0v) is 18.4. The molecule has 1 heterocycles. The van der Waals surface area contributed by atoms with Crippen LogP contribution in [0.1, 0.15) is 83.3 Å². The normalized spacial score (nSPS) is 28.6. The molecule has 2 nitrogen and oxygen atoms in total. The predicted molar refractivity (Wildman–Crippen MR) is 107 cm³/mol. The Bertz CT molecular complexity index is 642. The summed E-state index contributed by atoms with van der Waals surface area (Å²) >= 11 is 0. The van der Waals surface area contributed by atoms with Crippen molar-refractivity contribution in [1.29, 1.82) is 0 Å². The highest BCUT2D eigenvalue weighted by Gasteiger charge is 2.50. The third-order valence-electron chi connectivity index (χ3n) is 6.95. The maximum absolute atomic E-state index is 6.77. The summed E-state index contributed by atoms with van der Waals surface area (Å²) in [6.45, 7) is 18.6. The molecule has 0 spiro atoms. The van der Waals surface area contributed by atoms with Gasteiger partial charge in [0.15, 0.2) is 8.32 Å². The van der Waals surface area contributed by atoms with E-state index in [9.17, 15) is 0 Å². The summed E-state index contributed by atoms with van der Waals surface area (Å²) in [7, 11) is -1.75. The quantitative estimate of drug-likeness (QED) is 0.565. The Hall–Kier alpha value is -0.643. The van der Waals surface area contributed by atoms with Gasteiger partial charge in [-0.05, 0) is 54.1 Å². The van der Waals surface area contributed by atoms with Crippen molar-refractivity contribution in [2.45, 2.75) is 97.2 Å². The molecule has 1 saturated heterocycles. The van der Waals surface area contributed by atoms with Gasteiger partial charge in [-0.2, -0.15) is 0 Å². The summed E-state index contributed by atoms with van der Waals surface area (Å²) in [6, 6.07) is 6.78. The lowest BCUT2D eigenvalue weighted by Crippen LogP contribution is -2.50. The minimum atomic E-state index is -1.75. The number of benzene rings is 1. The van der Waals surface area contributed by atoms with Crippen molar-refractivity contribution < 1.29 is 9.16 Å². The van der Waals surface area contributed by atoms with Crippen LogP contribution in [0.5, 0.6) is 0 Å². The molecule has 0 radical (unpaired) electrons. The molecule has 3 unspecified atom stereocenters. The van der Waals surface area contributed by atoms with Gasteiger partial charge in [-0.3, -0.25) is 0 Å². The van der Waals surface area contributed by atoms with Crippen LogP contribution in [0.4, 0.5) is 0 Å². The van der Waals surface area contributed by atoms with Crippen LogP contribution in [0.25, 0.3) is 0 Å². The molecule has 3 heteroatoms. The van der Waals surface area contributed by atoms with Gasteiger partial charge in [0.05, 0.1) is 18.3 Å². The van der Waals surface area contributed by atoms with Crippen LogP contribution in [0.3, 0.4) is 0 Å². The molecular weight excluding hydrogens is 324 g/mol. The molecule has 0 N–H and O–H groups in total. The van der Waals surface area contributed by atoms with E-state index in [1.54, 1.807) is 0 Å². The second-order valence-corrected chi connectivity index (χ2v) is 14.8. The summed E-state index contributed by atoms with van der Waals surface area (Å²) in [5.74, 6) is 0. The Balaban J connectivity index is 1.86. The van der Waals surface area contributed by atoms with Gasteiger partial charge in [-0.1, -0.05) is 59.7 Å². The van der Waals surface area contributed by atoms with Gasteiger partial charge in [0.2, 0.25) is 0 Å². The van der Waals surface area contributed by atoms with E-state index < -0.39 is 8.32 Å². The molecule has 25 heavy (non-hydrogen) atoms. The molecule has 3 atom stereocenters. The van der Waals surface area contributed by atoms with Crippen molar-refractivity contribution in [2.75, 3.05) is 0 Å². The van der Waals surface area contributed by atoms with Gasteiger partial charge >= 0.3 is 0 Å². The number of rotatable bonds is 4. The first-order valence-corrected chi connectivity index (χ1v) is 12.8. The van der Waals surface area contributed by atoms with Gasteiger partial charge in [0, 0.05) is 5.41 Å². The average molecular weight is 361 g/mol. The average Bonchev–Trinajstić information content (AvgIpc) is 2.89. The van der Waals surface area contributed by atoms with Crippen LogP contribution in [-0.2, 0) is 15.6 Å². The second-order valence-electron chi connectivity index (χ2n) is 10.1. The molecule has 0 saturated carbocycles. The highest BCUT2D eigenvalue weighted by atomic mass is 28.4. The Labute approximate surface area is 155 Å². The van der Waals surface area contributed by atoms with E-state index >= 15 is 0 Å². The second kappa shape index (κ2) is 6.21. The number of fused-ring (bicyclic) bond motifs is 1. The van der Waals surface area contributed by atoms with Crippen LogP contribution in [-0.4, -0.2) is 14.4 Å². The molecule has 140 valence electrons. The molecule has 1 fully saturated rings. The van der Waals surface area contributed by atoms with Crippen molar-refractivity contribution >= 4 is 8.32 Å². The van der Waals surface area contributed by atoms with Crippen molar-refractivity contribution in [2.24, 2.45) is 5.41 Å². The highest BCUT2D eigenvalue weighted by Crippen LogP contribution is 2.54. The van der Waals surface area contributed by atoms with E-state index in [2.05, 4.69) is 72.8 Å².